The number of aryl methyl sites for hydroxylation is 2. The molecule has 0 spiro atoms. The zero-order valence-corrected chi connectivity index (χ0v) is 14.9. The zero-order valence-electron chi connectivity index (χ0n) is 14.9. The highest BCUT2D eigenvalue weighted by atomic mass is 16.5. The second kappa shape index (κ2) is 6.83. The van der Waals surface area contributed by atoms with E-state index >= 15 is 0 Å². The van der Waals surface area contributed by atoms with Gasteiger partial charge in [0.15, 0.2) is 0 Å². The summed E-state index contributed by atoms with van der Waals surface area (Å²) < 4.78 is 12.3. The second-order valence-corrected chi connectivity index (χ2v) is 5.68. The first kappa shape index (κ1) is 17.4. The average Bonchev–Trinajstić information content (AvgIpc) is 3.00. The Bertz CT molecular complexity index is 1010. The molecule has 2 heterocycles. The monoisotopic (exact) mass is 354 g/mol. The number of fused-ring (bicyclic) bond motifs is 1. The number of hydrogen-bond acceptors (Lipinski definition) is 6. The van der Waals surface area contributed by atoms with Crippen LogP contribution in [-0.4, -0.2) is 40.6 Å². The Labute approximate surface area is 149 Å². The molecule has 0 bridgehead atoms. The highest BCUT2D eigenvalue weighted by Gasteiger charge is 2.20. The van der Waals surface area contributed by atoms with E-state index in [9.17, 15) is 9.59 Å². The lowest BCUT2D eigenvalue weighted by Gasteiger charge is -2.11. The van der Waals surface area contributed by atoms with Crippen molar-refractivity contribution in [3.05, 3.63) is 53.0 Å². The lowest BCUT2D eigenvalue weighted by atomic mass is 10.1. The number of aromatic nitrogens is 3. The van der Waals surface area contributed by atoms with Gasteiger partial charge in [0, 0.05) is 18.8 Å². The van der Waals surface area contributed by atoms with Crippen molar-refractivity contribution < 1.29 is 19.1 Å². The van der Waals surface area contributed by atoms with E-state index in [1.54, 1.807) is 38.4 Å². The van der Waals surface area contributed by atoms with Crippen LogP contribution in [0.2, 0.25) is 0 Å². The van der Waals surface area contributed by atoms with Crippen LogP contribution >= 0.6 is 0 Å². The van der Waals surface area contributed by atoms with Crippen LogP contribution in [-0.2, 0) is 4.74 Å². The molecule has 0 radical (unpaired) electrons. The number of rotatable bonds is 4. The smallest absolute Gasteiger partial charge is 0.339 e. The number of ether oxygens (including phenoxy) is 2. The molecule has 134 valence electrons. The fourth-order valence-corrected chi connectivity index (χ4v) is 2.62. The molecule has 26 heavy (non-hydrogen) atoms. The van der Waals surface area contributed by atoms with E-state index in [0.717, 1.165) is 5.56 Å². The Kier molecular flexibility index (Phi) is 4.57. The molecule has 3 rings (SSSR count). The first-order chi connectivity index (χ1) is 12.5. The molecule has 1 N–H and O–H groups in total. The van der Waals surface area contributed by atoms with Crippen LogP contribution in [0.15, 0.2) is 30.7 Å². The van der Waals surface area contributed by atoms with Gasteiger partial charge in [-0.25, -0.2) is 9.31 Å². The molecule has 1 amide bonds. The summed E-state index contributed by atoms with van der Waals surface area (Å²) >= 11 is 0. The number of esters is 1. The van der Waals surface area contributed by atoms with Crippen molar-refractivity contribution in [2.75, 3.05) is 14.2 Å². The first-order valence-electron chi connectivity index (χ1n) is 7.88. The van der Waals surface area contributed by atoms with Gasteiger partial charge in [0.05, 0.1) is 12.7 Å². The van der Waals surface area contributed by atoms with E-state index < -0.39 is 5.97 Å². The van der Waals surface area contributed by atoms with Gasteiger partial charge in [-0.05, 0) is 37.1 Å². The summed E-state index contributed by atoms with van der Waals surface area (Å²) in [4.78, 5) is 28.0. The van der Waals surface area contributed by atoms with E-state index in [4.69, 9.17) is 9.47 Å². The minimum Gasteiger partial charge on any atom is -0.465 e. The molecule has 0 aliphatic rings. The summed E-state index contributed by atoms with van der Waals surface area (Å²) in [6.45, 7) is 3.64. The fourth-order valence-electron chi connectivity index (χ4n) is 2.62. The van der Waals surface area contributed by atoms with Gasteiger partial charge in [-0.15, -0.1) is 0 Å². The van der Waals surface area contributed by atoms with E-state index in [1.165, 1.54) is 18.0 Å². The summed E-state index contributed by atoms with van der Waals surface area (Å²) in [7, 11) is 2.88. The third kappa shape index (κ3) is 2.97. The fraction of sp³-hybridized carbons (Fsp3) is 0.222. The molecule has 0 saturated heterocycles. The lowest BCUT2D eigenvalue weighted by molar-refractivity contribution is 0.0600. The predicted molar refractivity (Wildman–Crippen MR) is 93.7 cm³/mol. The molecule has 0 atom stereocenters. The topological polar surface area (TPSA) is 94.8 Å². The number of nitrogens with zero attached hydrogens (tertiary/aromatic N) is 3. The van der Waals surface area contributed by atoms with Crippen LogP contribution in [0.1, 0.15) is 31.8 Å². The minimum atomic E-state index is -0.461. The molecule has 0 aliphatic heterocycles. The molecular formula is C18H18N4O4. The molecule has 1 aromatic carbocycles. The van der Waals surface area contributed by atoms with Crippen molar-refractivity contribution in [1.29, 1.82) is 0 Å². The molecule has 8 nitrogen and oxygen atoms in total. The van der Waals surface area contributed by atoms with Gasteiger partial charge >= 0.3 is 5.97 Å². The number of carbonyl (C=O) groups excluding carboxylic acids is 2. The van der Waals surface area contributed by atoms with Gasteiger partial charge < -0.3 is 14.8 Å². The van der Waals surface area contributed by atoms with Crippen LogP contribution < -0.4 is 10.1 Å². The maximum absolute atomic E-state index is 11.9. The van der Waals surface area contributed by atoms with Crippen molar-refractivity contribution in [3.8, 4) is 11.6 Å². The van der Waals surface area contributed by atoms with Crippen LogP contribution in [0, 0.1) is 13.8 Å². The Hall–Kier alpha value is -3.42. The summed E-state index contributed by atoms with van der Waals surface area (Å²) in [6, 6.07) is 5.16. The lowest BCUT2D eigenvalue weighted by Crippen LogP contribution is -2.17. The molecular weight excluding hydrogens is 336 g/mol. The Morgan fingerprint density at radius 2 is 2.00 bits per heavy atom. The third-order valence-corrected chi connectivity index (χ3v) is 4.08. The standard InChI is InChI=1S/C18H18N4O4/c1-10-5-6-12(16(23)19-3)7-14(10)26-17-15-11(2)13(18(24)25-4)8-22(15)21-9-20-17/h5-9H,1-4H3,(H,19,23). The van der Waals surface area contributed by atoms with Crippen LogP contribution in [0.4, 0.5) is 0 Å². The first-order valence-corrected chi connectivity index (χ1v) is 7.88. The van der Waals surface area contributed by atoms with Crippen molar-refractivity contribution in [1.82, 2.24) is 19.9 Å². The summed E-state index contributed by atoms with van der Waals surface area (Å²) in [5.41, 5.74) is 2.89. The normalized spacial score (nSPS) is 10.6. The Morgan fingerprint density at radius 1 is 1.23 bits per heavy atom. The highest BCUT2D eigenvalue weighted by molar-refractivity contribution is 5.95. The molecule has 3 aromatic rings. The number of benzene rings is 1. The molecule has 0 unspecified atom stereocenters. The van der Waals surface area contributed by atoms with E-state index in [2.05, 4.69) is 15.4 Å². The SMILES string of the molecule is CNC(=O)c1ccc(C)c(Oc2ncnn3cc(C(=O)OC)c(C)c23)c1. The highest BCUT2D eigenvalue weighted by Crippen LogP contribution is 2.30. The third-order valence-electron chi connectivity index (χ3n) is 4.08. The van der Waals surface area contributed by atoms with E-state index in [0.29, 0.717) is 28.0 Å². The van der Waals surface area contributed by atoms with E-state index in [1.807, 2.05) is 6.92 Å². The number of nitrogens with one attached hydrogen (secondary N) is 1. The molecule has 8 heteroatoms. The van der Waals surface area contributed by atoms with Gasteiger partial charge in [-0.3, -0.25) is 4.79 Å². The maximum Gasteiger partial charge on any atom is 0.339 e. The molecule has 0 fully saturated rings. The van der Waals surface area contributed by atoms with Crippen molar-refractivity contribution >= 4 is 17.4 Å². The maximum atomic E-state index is 11.9. The molecule has 2 aromatic heterocycles. The van der Waals surface area contributed by atoms with Crippen molar-refractivity contribution in [3.63, 3.8) is 0 Å². The van der Waals surface area contributed by atoms with Gasteiger partial charge in [-0.2, -0.15) is 10.1 Å². The minimum absolute atomic E-state index is 0.213. The molecule has 0 saturated carbocycles. The van der Waals surface area contributed by atoms with E-state index in [-0.39, 0.29) is 11.8 Å². The second-order valence-electron chi connectivity index (χ2n) is 5.68. The Morgan fingerprint density at radius 3 is 2.69 bits per heavy atom. The van der Waals surface area contributed by atoms with Gasteiger partial charge in [0.25, 0.3) is 5.91 Å². The quantitative estimate of drug-likeness (QED) is 0.722. The molecule has 0 aliphatic carbocycles. The zero-order chi connectivity index (χ0) is 18.8. The average molecular weight is 354 g/mol. The number of methoxy groups -OCH3 is 1. The summed E-state index contributed by atoms with van der Waals surface area (Å²) in [5.74, 6) is 0.100. The number of hydrogen-bond donors (Lipinski definition) is 1. The Balaban J connectivity index is 2.08. The van der Waals surface area contributed by atoms with Crippen LogP contribution in [0.5, 0.6) is 11.6 Å². The van der Waals surface area contributed by atoms with Gasteiger partial charge in [-0.1, -0.05) is 6.07 Å². The van der Waals surface area contributed by atoms with Crippen molar-refractivity contribution in [2.45, 2.75) is 13.8 Å². The number of carbonyl (C=O) groups is 2. The summed E-state index contributed by atoms with van der Waals surface area (Å²) in [6.07, 6.45) is 2.90. The van der Waals surface area contributed by atoms with Gasteiger partial charge in [0.1, 0.15) is 17.6 Å². The predicted octanol–water partition coefficient (Wildman–Crippen LogP) is 2.28. The van der Waals surface area contributed by atoms with Gasteiger partial charge in [0.2, 0.25) is 5.88 Å². The van der Waals surface area contributed by atoms with Crippen LogP contribution in [0.3, 0.4) is 0 Å². The largest absolute Gasteiger partial charge is 0.465 e. The number of amides is 1. The van der Waals surface area contributed by atoms with Crippen molar-refractivity contribution in [2.24, 2.45) is 0 Å². The summed E-state index contributed by atoms with van der Waals surface area (Å²) in [5, 5.41) is 6.69. The van der Waals surface area contributed by atoms with Crippen LogP contribution in [0.25, 0.3) is 5.52 Å².